The van der Waals surface area contributed by atoms with Crippen molar-refractivity contribution in [2.45, 2.75) is 13.0 Å². The van der Waals surface area contributed by atoms with Crippen LogP contribution in [0.3, 0.4) is 0 Å². The first-order chi connectivity index (χ1) is 11.4. The van der Waals surface area contributed by atoms with Gasteiger partial charge in [-0.1, -0.05) is 12.1 Å². The van der Waals surface area contributed by atoms with Crippen molar-refractivity contribution >= 4 is 11.0 Å². The summed E-state index contributed by atoms with van der Waals surface area (Å²) in [7, 11) is 0. The summed E-state index contributed by atoms with van der Waals surface area (Å²) in [6, 6.07) is 8.34. The lowest BCUT2D eigenvalue weighted by atomic mass is 9.97. The molecule has 3 aromatic rings. The van der Waals surface area contributed by atoms with Crippen LogP contribution in [-0.2, 0) is 17.7 Å². The van der Waals surface area contributed by atoms with E-state index in [0.29, 0.717) is 5.92 Å². The molecular weight excluding hydrogens is 290 g/mol. The normalized spacial score (nSPS) is 19.9. The molecule has 0 spiro atoms. The van der Waals surface area contributed by atoms with Crippen LogP contribution in [0.4, 0.5) is 0 Å². The summed E-state index contributed by atoms with van der Waals surface area (Å²) in [5.74, 6) is 1.50. The number of H-pyrrole nitrogens is 1. The Bertz CT molecular complexity index is 751. The zero-order chi connectivity index (χ0) is 15.5. The van der Waals surface area contributed by atoms with Crippen molar-refractivity contribution in [3.63, 3.8) is 0 Å². The maximum absolute atomic E-state index is 5.83. The fraction of sp³-hybridized carbons (Fsp3) is 0.389. The molecule has 1 atom stereocenters. The highest BCUT2D eigenvalue weighted by atomic mass is 16.5. The summed E-state index contributed by atoms with van der Waals surface area (Å²) in [4.78, 5) is 9.94. The van der Waals surface area contributed by atoms with Crippen LogP contribution in [0.1, 0.15) is 11.4 Å². The number of fused-ring (bicyclic) bond motifs is 1. The molecule has 0 amide bonds. The second-order valence-electron chi connectivity index (χ2n) is 6.17. The average molecular weight is 311 g/mol. The van der Waals surface area contributed by atoms with E-state index in [9.17, 15) is 0 Å². The highest BCUT2D eigenvalue weighted by molar-refractivity contribution is 5.80. The van der Waals surface area contributed by atoms with E-state index in [0.717, 1.165) is 50.7 Å². The minimum Gasteiger partial charge on any atom is -0.464 e. The Morgan fingerprint density at radius 1 is 1.30 bits per heavy atom. The Kier molecular flexibility index (Phi) is 4.13. The van der Waals surface area contributed by atoms with E-state index in [1.165, 1.54) is 10.9 Å². The maximum Gasteiger partial charge on any atom is 0.134 e. The van der Waals surface area contributed by atoms with Gasteiger partial charge >= 0.3 is 0 Å². The van der Waals surface area contributed by atoms with Gasteiger partial charge in [-0.2, -0.15) is 0 Å². The summed E-state index contributed by atoms with van der Waals surface area (Å²) >= 11 is 0. The minimum atomic E-state index is 0.480. The molecule has 0 radical (unpaired) electrons. The van der Waals surface area contributed by atoms with Crippen molar-refractivity contribution < 1.29 is 9.15 Å². The fourth-order valence-corrected chi connectivity index (χ4v) is 3.36. The number of imidazole rings is 1. The van der Waals surface area contributed by atoms with Crippen LogP contribution in [-0.4, -0.2) is 41.2 Å². The maximum atomic E-state index is 5.83. The first-order valence-electron chi connectivity index (χ1n) is 8.12. The van der Waals surface area contributed by atoms with Gasteiger partial charge in [0.25, 0.3) is 0 Å². The second kappa shape index (κ2) is 6.56. The summed E-state index contributed by atoms with van der Waals surface area (Å²) in [6.45, 7) is 4.42. The Hall–Kier alpha value is -2.11. The van der Waals surface area contributed by atoms with Gasteiger partial charge in [-0.15, -0.1) is 0 Å². The zero-order valence-electron chi connectivity index (χ0n) is 13.1. The zero-order valence-corrected chi connectivity index (χ0v) is 13.1. The molecule has 1 fully saturated rings. The number of nitrogens with zero attached hydrogens (tertiary/aromatic N) is 2. The SMILES string of the molecule is c1cc(C[C@H]2COCCN(Cc3ncc[nH]3)C2)c2ccoc2c1. The molecule has 2 aromatic heterocycles. The Labute approximate surface area is 135 Å². The van der Waals surface area contributed by atoms with Gasteiger partial charge in [0.2, 0.25) is 0 Å². The van der Waals surface area contributed by atoms with Crippen LogP contribution in [0.15, 0.2) is 47.3 Å². The van der Waals surface area contributed by atoms with Gasteiger partial charge in [0.1, 0.15) is 11.4 Å². The molecule has 1 saturated heterocycles. The van der Waals surface area contributed by atoms with Gasteiger partial charge in [0, 0.05) is 30.9 Å². The first-order valence-corrected chi connectivity index (χ1v) is 8.12. The molecule has 3 heterocycles. The molecule has 5 nitrogen and oxygen atoms in total. The monoisotopic (exact) mass is 311 g/mol. The summed E-state index contributed by atoms with van der Waals surface area (Å²) in [5.41, 5.74) is 2.30. The number of ether oxygens (including phenoxy) is 1. The number of aromatic nitrogens is 2. The predicted octanol–water partition coefficient (Wildman–Crippen LogP) is 2.85. The molecule has 0 bridgehead atoms. The second-order valence-corrected chi connectivity index (χ2v) is 6.17. The van der Waals surface area contributed by atoms with E-state index in [4.69, 9.17) is 9.15 Å². The lowest BCUT2D eigenvalue weighted by molar-refractivity contribution is 0.121. The third-order valence-electron chi connectivity index (χ3n) is 4.44. The van der Waals surface area contributed by atoms with Crippen LogP contribution >= 0.6 is 0 Å². The molecule has 0 aliphatic carbocycles. The van der Waals surface area contributed by atoms with E-state index < -0.39 is 0 Å². The van der Waals surface area contributed by atoms with Gasteiger partial charge in [0.15, 0.2) is 0 Å². The van der Waals surface area contributed by atoms with E-state index in [1.807, 2.05) is 12.3 Å². The van der Waals surface area contributed by atoms with Crippen LogP contribution in [0.25, 0.3) is 11.0 Å². The van der Waals surface area contributed by atoms with Gasteiger partial charge in [0.05, 0.1) is 26.0 Å². The molecule has 0 unspecified atom stereocenters. The lowest BCUT2D eigenvalue weighted by Crippen LogP contribution is -2.30. The average Bonchev–Trinajstić information content (AvgIpc) is 3.18. The highest BCUT2D eigenvalue weighted by Gasteiger charge is 2.20. The molecule has 0 saturated carbocycles. The van der Waals surface area contributed by atoms with E-state index in [2.05, 4.69) is 33.1 Å². The molecule has 4 rings (SSSR count). The van der Waals surface area contributed by atoms with Gasteiger partial charge in [-0.05, 0) is 30.0 Å². The van der Waals surface area contributed by atoms with E-state index >= 15 is 0 Å². The molecule has 23 heavy (non-hydrogen) atoms. The minimum absolute atomic E-state index is 0.480. The Balaban J connectivity index is 1.48. The van der Waals surface area contributed by atoms with Gasteiger partial charge < -0.3 is 14.1 Å². The van der Waals surface area contributed by atoms with Gasteiger partial charge in [-0.25, -0.2) is 4.98 Å². The topological polar surface area (TPSA) is 54.3 Å². The van der Waals surface area contributed by atoms with Crippen molar-refractivity contribution in [3.05, 3.63) is 54.3 Å². The van der Waals surface area contributed by atoms with Crippen molar-refractivity contribution in [3.8, 4) is 0 Å². The largest absolute Gasteiger partial charge is 0.464 e. The number of benzene rings is 1. The van der Waals surface area contributed by atoms with E-state index in [-0.39, 0.29) is 0 Å². The summed E-state index contributed by atoms with van der Waals surface area (Å²) in [5, 5.41) is 1.22. The van der Waals surface area contributed by atoms with E-state index in [1.54, 1.807) is 12.5 Å². The standard InChI is InChI=1S/C18H21N3O2/c1-2-15(16-4-8-23-17(16)3-1)10-14-11-21(7-9-22-13-14)12-18-19-5-6-20-18/h1-6,8,14H,7,9-13H2,(H,19,20)/t14-/m1/s1. The van der Waals surface area contributed by atoms with Crippen LogP contribution in [0.2, 0.25) is 0 Å². The predicted molar refractivity (Wildman–Crippen MR) is 88.1 cm³/mol. The Morgan fingerprint density at radius 3 is 3.22 bits per heavy atom. The van der Waals surface area contributed by atoms with Crippen molar-refractivity contribution in [2.24, 2.45) is 5.92 Å². The van der Waals surface area contributed by atoms with Crippen molar-refractivity contribution in [1.29, 1.82) is 0 Å². The third kappa shape index (κ3) is 3.30. The molecule has 1 N–H and O–H groups in total. The van der Waals surface area contributed by atoms with Crippen LogP contribution in [0.5, 0.6) is 0 Å². The van der Waals surface area contributed by atoms with Crippen molar-refractivity contribution in [2.75, 3.05) is 26.3 Å². The molecule has 1 aliphatic rings. The molecule has 5 heteroatoms. The molecular formula is C18H21N3O2. The molecule has 1 aromatic carbocycles. The number of aromatic amines is 1. The smallest absolute Gasteiger partial charge is 0.134 e. The fourth-order valence-electron chi connectivity index (χ4n) is 3.36. The number of nitrogens with one attached hydrogen (secondary N) is 1. The number of furan rings is 1. The highest BCUT2D eigenvalue weighted by Crippen LogP contribution is 2.23. The number of rotatable bonds is 4. The van der Waals surface area contributed by atoms with Crippen LogP contribution < -0.4 is 0 Å². The summed E-state index contributed by atoms with van der Waals surface area (Å²) in [6.07, 6.45) is 6.45. The third-order valence-corrected chi connectivity index (χ3v) is 4.44. The number of hydrogen-bond acceptors (Lipinski definition) is 4. The Morgan fingerprint density at radius 2 is 2.30 bits per heavy atom. The first kappa shape index (κ1) is 14.5. The lowest BCUT2D eigenvalue weighted by Gasteiger charge is -2.22. The van der Waals surface area contributed by atoms with Gasteiger partial charge in [-0.3, -0.25) is 4.90 Å². The quantitative estimate of drug-likeness (QED) is 0.805. The number of hydrogen-bond donors (Lipinski definition) is 1. The van der Waals surface area contributed by atoms with Crippen molar-refractivity contribution in [1.82, 2.24) is 14.9 Å². The summed E-state index contributed by atoms with van der Waals surface area (Å²) < 4.78 is 11.3. The molecule has 120 valence electrons. The van der Waals surface area contributed by atoms with Crippen LogP contribution in [0, 0.1) is 5.92 Å². The molecule has 1 aliphatic heterocycles.